The van der Waals surface area contributed by atoms with Crippen molar-refractivity contribution in [2.45, 2.75) is 19.3 Å². The Morgan fingerprint density at radius 2 is 2.06 bits per heavy atom. The zero-order chi connectivity index (χ0) is 12.5. The van der Waals surface area contributed by atoms with Gasteiger partial charge in [0.05, 0.1) is 24.0 Å². The standard InChI is InChI=1S/C11H18O5S/c12-11(13)10(6-16-5-8-1-2-8)9-3-4-17(14,15)7-9/h8-10H,1-7H2,(H,12,13). The van der Waals surface area contributed by atoms with Crippen molar-refractivity contribution < 1.29 is 23.1 Å². The number of carboxylic acids is 1. The Morgan fingerprint density at radius 3 is 2.53 bits per heavy atom. The molecule has 5 nitrogen and oxygen atoms in total. The van der Waals surface area contributed by atoms with E-state index in [1.165, 1.54) is 0 Å². The van der Waals surface area contributed by atoms with Crippen molar-refractivity contribution in [3.63, 3.8) is 0 Å². The van der Waals surface area contributed by atoms with E-state index in [4.69, 9.17) is 9.84 Å². The van der Waals surface area contributed by atoms with Gasteiger partial charge < -0.3 is 9.84 Å². The predicted molar refractivity (Wildman–Crippen MR) is 61.4 cm³/mol. The van der Waals surface area contributed by atoms with Crippen molar-refractivity contribution in [3.05, 3.63) is 0 Å². The molecule has 0 aromatic carbocycles. The molecule has 1 aliphatic heterocycles. The minimum atomic E-state index is -3.02. The van der Waals surface area contributed by atoms with Crippen molar-refractivity contribution in [1.82, 2.24) is 0 Å². The number of ether oxygens (including phenoxy) is 1. The number of rotatable bonds is 6. The van der Waals surface area contributed by atoms with Crippen molar-refractivity contribution in [1.29, 1.82) is 0 Å². The number of hydrogen-bond acceptors (Lipinski definition) is 4. The molecule has 0 aromatic heterocycles. The van der Waals surface area contributed by atoms with Gasteiger partial charge in [0.2, 0.25) is 0 Å². The topological polar surface area (TPSA) is 80.7 Å². The summed E-state index contributed by atoms with van der Waals surface area (Å²) in [5.41, 5.74) is 0. The normalized spacial score (nSPS) is 29.1. The zero-order valence-corrected chi connectivity index (χ0v) is 10.5. The Kier molecular flexibility index (Phi) is 3.73. The first-order chi connectivity index (χ1) is 7.98. The number of carbonyl (C=O) groups is 1. The Balaban J connectivity index is 1.85. The third kappa shape index (κ3) is 3.67. The van der Waals surface area contributed by atoms with E-state index >= 15 is 0 Å². The molecule has 0 spiro atoms. The largest absolute Gasteiger partial charge is 0.481 e. The number of sulfone groups is 1. The Morgan fingerprint density at radius 1 is 1.35 bits per heavy atom. The summed E-state index contributed by atoms with van der Waals surface area (Å²) in [6.07, 6.45) is 2.77. The summed E-state index contributed by atoms with van der Waals surface area (Å²) in [5, 5.41) is 9.11. The summed E-state index contributed by atoms with van der Waals surface area (Å²) in [6, 6.07) is 0. The highest BCUT2D eigenvalue weighted by Gasteiger charge is 2.37. The Hall–Kier alpha value is -0.620. The smallest absolute Gasteiger partial charge is 0.309 e. The first-order valence-electron chi connectivity index (χ1n) is 5.99. The molecule has 98 valence electrons. The third-order valence-electron chi connectivity index (χ3n) is 3.50. The molecule has 1 aliphatic carbocycles. The highest BCUT2D eigenvalue weighted by atomic mass is 32.2. The molecule has 0 radical (unpaired) electrons. The van der Waals surface area contributed by atoms with Gasteiger partial charge in [-0.05, 0) is 31.1 Å². The van der Waals surface area contributed by atoms with E-state index in [0.717, 1.165) is 12.8 Å². The highest BCUT2D eigenvalue weighted by Crippen LogP contribution is 2.30. The molecule has 2 atom stereocenters. The SMILES string of the molecule is O=C(O)C(COCC1CC1)C1CCS(=O)(=O)C1. The summed E-state index contributed by atoms with van der Waals surface area (Å²) < 4.78 is 28.0. The molecule has 0 bridgehead atoms. The van der Waals surface area contributed by atoms with Crippen molar-refractivity contribution in [2.24, 2.45) is 17.8 Å². The lowest BCUT2D eigenvalue weighted by Gasteiger charge is -2.18. The number of aliphatic carboxylic acids is 1. The van der Waals surface area contributed by atoms with E-state index in [0.29, 0.717) is 18.9 Å². The quantitative estimate of drug-likeness (QED) is 0.756. The van der Waals surface area contributed by atoms with Gasteiger partial charge in [0.25, 0.3) is 0 Å². The van der Waals surface area contributed by atoms with Crippen LogP contribution in [0.4, 0.5) is 0 Å². The fourth-order valence-electron chi connectivity index (χ4n) is 2.20. The van der Waals surface area contributed by atoms with Gasteiger partial charge in [-0.1, -0.05) is 0 Å². The van der Waals surface area contributed by atoms with E-state index < -0.39 is 21.7 Å². The average molecular weight is 262 g/mol. The van der Waals surface area contributed by atoms with Crippen LogP contribution >= 0.6 is 0 Å². The van der Waals surface area contributed by atoms with E-state index in [9.17, 15) is 13.2 Å². The maximum absolute atomic E-state index is 11.3. The second kappa shape index (κ2) is 4.94. The van der Waals surface area contributed by atoms with Crippen molar-refractivity contribution >= 4 is 15.8 Å². The summed E-state index contributed by atoms with van der Waals surface area (Å²) in [6.45, 7) is 0.759. The van der Waals surface area contributed by atoms with Crippen LogP contribution in [0.2, 0.25) is 0 Å². The fourth-order valence-corrected chi connectivity index (χ4v) is 4.08. The van der Waals surface area contributed by atoms with Crippen molar-refractivity contribution in [2.75, 3.05) is 24.7 Å². The van der Waals surface area contributed by atoms with E-state index in [1.807, 2.05) is 0 Å². The van der Waals surface area contributed by atoms with Gasteiger partial charge in [-0.3, -0.25) is 4.79 Å². The summed E-state index contributed by atoms with van der Waals surface area (Å²) in [4.78, 5) is 11.1. The van der Waals surface area contributed by atoms with Gasteiger partial charge >= 0.3 is 5.97 Å². The van der Waals surface area contributed by atoms with Gasteiger partial charge in [0.15, 0.2) is 9.84 Å². The molecule has 1 N–H and O–H groups in total. The lowest BCUT2D eigenvalue weighted by atomic mass is 9.93. The lowest BCUT2D eigenvalue weighted by Crippen LogP contribution is -2.29. The van der Waals surface area contributed by atoms with Crippen molar-refractivity contribution in [3.8, 4) is 0 Å². The first-order valence-corrected chi connectivity index (χ1v) is 7.81. The van der Waals surface area contributed by atoms with Crippen LogP contribution in [0.25, 0.3) is 0 Å². The summed E-state index contributed by atoms with van der Waals surface area (Å²) in [7, 11) is -3.02. The molecular weight excluding hydrogens is 244 g/mol. The summed E-state index contributed by atoms with van der Waals surface area (Å²) >= 11 is 0. The highest BCUT2D eigenvalue weighted by molar-refractivity contribution is 7.91. The van der Waals surface area contributed by atoms with Crippen LogP contribution in [0.15, 0.2) is 0 Å². The summed E-state index contributed by atoms with van der Waals surface area (Å²) in [5.74, 6) is -1.19. The van der Waals surface area contributed by atoms with E-state index in [2.05, 4.69) is 0 Å². The first kappa shape index (κ1) is 12.8. The monoisotopic (exact) mass is 262 g/mol. The molecule has 1 heterocycles. The average Bonchev–Trinajstić information content (AvgIpc) is 2.97. The van der Waals surface area contributed by atoms with Crippen LogP contribution in [0.3, 0.4) is 0 Å². The van der Waals surface area contributed by atoms with Gasteiger partial charge in [-0.25, -0.2) is 8.42 Å². The van der Waals surface area contributed by atoms with Gasteiger partial charge in [-0.2, -0.15) is 0 Å². The van der Waals surface area contributed by atoms with Crippen LogP contribution in [0.1, 0.15) is 19.3 Å². The molecular formula is C11H18O5S. The van der Waals surface area contributed by atoms with Crippen LogP contribution in [-0.4, -0.2) is 44.2 Å². The maximum Gasteiger partial charge on any atom is 0.309 e. The van der Waals surface area contributed by atoms with E-state index in [-0.39, 0.29) is 24.0 Å². The van der Waals surface area contributed by atoms with Crippen LogP contribution in [-0.2, 0) is 19.4 Å². The molecule has 2 aliphatic rings. The lowest BCUT2D eigenvalue weighted by molar-refractivity contribution is -0.146. The van der Waals surface area contributed by atoms with Crippen LogP contribution in [0.5, 0.6) is 0 Å². The van der Waals surface area contributed by atoms with Gasteiger partial charge in [-0.15, -0.1) is 0 Å². The predicted octanol–water partition coefficient (Wildman–Crippen LogP) is 0.549. The minimum Gasteiger partial charge on any atom is -0.481 e. The number of hydrogen-bond donors (Lipinski definition) is 1. The molecule has 1 saturated carbocycles. The molecule has 2 unspecified atom stereocenters. The Bertz CT molecular complexity index is 385. The Labute approximate surface area is 101 Å². The fraction of sp³-hybridized carbons (Fsp3) is 0.909. The molecule has 6 heteroatoms. The second-order valence-electron chi connectivity index (χ2n) is 5.09. The maximum atomic E-state index is 11.3. The zero-order valence-electron chi connectivity index (χ0n) is 9.67. The third-order valence-corrected chi connectivity index (χ3v) is 5.30. The second-order valence-corrected chi connectivity index (χ2v) is 7.32. The minimum absolute atomic E-state index is 0.00322. The van der Waals surface area contributed by atoms with Crippen LogP contribution < -0.4 is 0 Å². The molecule has 1 saturated heterocycles. The van der Waals surface area contributed by atoms with Gasteiger partial charge in [0.1, 0.15) is 0 Å². The molecule has 2 rings (SSSR count). The van der Waals surface area contributed by atoms with E-state index in [1.54, 1.807) is 0 Å². The molecule has 17 heavy (non-hydrogen) atoms. The molecule has 0 aromatic rings. The molecule has 0 amide bonds. The van der Waals surface area contributed by atoms with Gasteiger partial charge in [0, 0.05) is 6.61 Å². The van der Waals surface area contributed by atoms with Crippen LogP contribution in [0, 0.1) is 17.8 Å². The molecule has 2 fully saturated rings. The number of carboxylic acid groups (broad SMARTS) is 1.